The fraction of sp³-hybridized carbons (Fsp3) is 0.818. The van der Waals surface area contributed by atoms with Crippen LogP contribution in [0.1, 0.15) is 34.6 Å². The molecule has 1 N–H and O–H groups in total. The number of rotatable bonds is 4. The minimum atomic E-state index is -3.14. The summed E-state index contributed by atoms with van der Waals surface area (Å²) in [4.78, 5) is 22.5. The first-order valence-electron chi connectivity index (χ1n) is 5.36. The van der Waals surface area contributed by atoms with E-state index in [0.717, 1.165) is 0 Å². The molecule has 0 aromatic heterocycles. The summed E-state index contributed by atoms with van der Waals surface area (Å²) in [6.07, 6.45) is -3.14. The normalized spacial score (nSPS) is 13.7. The van der Waals surface area contributed by atoms with E-state index >= 15 is 0 Å². The first kappa shape index (κ1) is 15.8. The van der Waals surface area contributed by atoms with Gasteiger partial charge in [0.05, 0.1) is 0 Å². The molecule has 0 heterocycles. The fourth-order valence-electron chi connectivity index (χ4n) is 1.08. The van der Waals surface area contributed by atoms with Gasteiger partial charge in [0.25, 0.3) is 5.91 Å². The standard InChI is InChI=1S/C11H19F2NO3/c1-6(2)7(14-9(15)8(12)13)10(16)17-11(3,4)5/h6-8H,1-5H3,(H,14,15)/t7-/m0/s1. The van der Waals surface area contributed by atoms with Gasteiger partial charge in [0.1, 0.15) is 11.6 Å². The molecular weight excluding hydrogens is 232 g/mol. The maximum Gasteiger partial charge on any atom is 0.329 e. The number of alkyl halides is 2. The van der Waals surface area contributed by atoms with Crippen molar-refractivity contribution in [3.63, 3.8) is 0 Å². The molecule has 1 atom stereocenters. The molecule has 0 radical (unpaired) electrons. The highest BCUT2D eigenvalue weighted by molar-refractivity contribution is 5.86. The van der Waals surface area contributed by atoms with Gasteiger partial charge in [0.2, 0.25) is 0 Å². The second-order valence-corrected chi connectivity index (χ2v) is 5.06. The SMILES string of the molecule is CC(C)[C@H](NC(=O)C(F)F)C(=O)OC(C)(C)C. The maximum absolute atomic E-state index is 12.1. The first-order chi connectivity index (χ1) is 7.54. The molecule has 17 heavy (non-hydrogen) atoms. The monoisotopic (exact) mass is 251 g/mol. The second kappa shape index (κ2) is 5.93. The van der Waals surface area contributed by atoms with Crippen LogP contribution in [0, 0.1) is 5.92 Å². The van der Waals surface area contributed by atoms with Gasteiger partial charge in [-0.1, -0.05) is 13.8 Å². The molecule has 0 aromatic carbocycles. The molecule has 1 amide bonds. The van der Waals surface area contributed by atoms with Crippen molar-refractivity contribution in [2.75, 3.05) is 0 Å². The van der Waals surface area contributed by atoms with Crippen LogP contribution < -0.4 is 5.32 Å². The predicted molar refractivity (Wildman–Crippen MR) is 58.6 cm³/mol. The Balaban J connectivity index is 4.64. The molecule has 0 aromatic rings. The molecule has 0 saturated carbocycles. The predicted octanol–water partition coefficient (Wildman–Crippen LogP) is 1.73. The molecule has 6 heteroatoms. The van der Waals surface area contributed by atoms with Crippen LogP contribution in [0.15, 0.2) is 0 Å². The van der Waals surface area contributed by atoms with Crippen LogP contribution in [0.2, 0.25) is 0 Å². The summed E-state index contributed by atoms with van der Waals surface area (Å²) in [5.74, 6) is -2.50. The van der Waals surface area contributed by atoms with Crippen LogP contribution in [-0.4, -0.2) is 29.9 Å². The van der Waals surface area contributed by atoms with Gasteiger partial charge < -0.3 is 10.1 Å². The Morgan fingerprint density at radius 3 is 1.94 bits per heavy atom. The molecule has 0 spiro atoms. The molecule has 0 aliphatic carbocycles. The van der Waals surface area contributed by atoms with E-state index < -0.39 is 29.9 Å². The van der Waals surface area contributed by atoms with Crippen molar-refractivity contribution in [1.82, 2.24) is 5.32 Å². The Kier molecular flexibility index (Phi) is 5.51. The zero-order chi connectivity index (χ0) is 13.8. The number of esters is 1. The molecule has 0 unspecified atom stereocenters. The van der Waals surface area contributed by atoms with Crippen LogP contribution in [0.25, 0.3) is 0 Å². The van der Waals surface area contributed by atoms with Gasteiger partial charge in [-0.25, -0.2) is 4.79 Å². The Hall–Kier alpha value is -1.20. The van der Waals surface area contributed by atoms with E-state index in [4.69, 9.17) is 4.74 Å². The van der Waals surface area contributed by atoms with Gasteiger partial charge >= 0.3 is 12.4 Å². The average Bonchev–Trinajstić information content (AvgIpc) is 2.09. The van der Waals surface area contributed by atoms with Crippen molar-refractivity contribution in [3.8, 4) is 0 Å². The average molecular weight is 251 g/mol. The Labute approximate surface area is 99.7 Å². The van der Waals surface area contributed by atoms with Crippen molar-refractivity contribution < 1.29 is 23.1 Å². The fourth-order valence-corrected chi connectivity index (χ4v) is 1.08. The summed E-state index contributed by atoms with van der Waals surface area (Å²) in [5.41, 5.74) is -0.722. The third-order valence-corrected chi connectivity index (χ3v) is 1.82. The summed E-state index contributed by atoms with van der Waals surface area (Å²) < 4.78 is 29.2. The van der Waals surface area contributed by atoms with Crippen molar-refractivity contribution in [1.29, 1.82) is 0 Å². The van der Waals surface area contributed by atoms with Crippen LogP contribution in [0.5, 0.6) is 0 Å². The number of amides is 1. The number of carbonyl (C=O) groups excluding carboxylic acids is 2. The summed E-state index contributed by atoms with van der Waals surface area (Å²) in [6.45, 7) is 8.27. The van der Waals surface area contributed by atoms with Gasteiger partial charge in [-0.3, -0.25) is 4.79 Å². The minimum Gasteiger partial charge on any atom is -0.458 e. The summed E-state index contributed by atoms with van der Waals surface area (Å²) in [7, 11) is 0. The van der Waals surface area contributed by atoms with Crippen LogP contribution in [-0.2, 0) is 14.3 Å². The van der Waals surface area contributed by atoms with Gasteiger partial charge in [-0.15, -0.1) is 0 Å². The Bertz CT molecular complexity index is 285. The highest BCUT2D eigenvalue weighted by Crippen LogP contribution is 2.12. The molecule has 0 aliphatic rings. The van der Waals surface area contributed by atoms with E-state index in [1.54, 1.807) is 34.6 Å². The molecule has 0 fully saturated rings. The van der Waals surface area contributed by atoms with E-state index in [1.807, 2.05) is 5.32 Å². The molecule has 0 aliphatic heterocycles. The highest BCUT2D eigenvalue weighted by atomic mass is 19.3. The van der Waals surface area contributed by atoms with E-state index in [0.29, 0.717) is 0 Å². The van der Waals surface area contributed by atoms with E-state index in [9.17, 15) is 18.4 Å². The van der Waals surface area contributed by atoms with Crippen molar-refractivity contribution >= 4 is 11.9 Å². The van der Waals surface area contributed by atoms with Crippen LogP contribution in [0.4, 0.5) is 8.78 Å². The lowest BCUT2D eigenvalue weighted by Gasteiger charge is -2.26. The Morgan fingerprint density at radius 2 is 1.65 bits per heavy atom. The lowest BCUT2D eigenvalue weighted by atomic mass is 10.0. The number of carbonyl (C=O) groups is 2. The van der Waals surface area contributed by atoms with Crippen LogP contribution in [0.3, 0.4) is 0 Å². The van der Waals surface area contributed by atoms with E-state index in [-0.39, 0.29) is 5.92 Å². The largest absolute Gasteiger partial charge is 0.458 e. The number of ether oxygens (including phenoxy) is 1. The summed E-state index contributed by atoms with van der Waals surface area (Å²) >= 11 is 0. The molecule has 0 rings (SSSR count). The summed E-state index contributed by atoms with van der Waals surface area (Å²) in [5, 5.41) is 1.97. The zero-order valence-electron chi connectivity index (χ0n) is 10.7. The smallest absolute Gasteiger partial charge is 0.329 e. The van der Waals surface area contributed by atoms with Gasteiger partial charge in [0, 0.05) is 0 Å². The molecule has 4 nitrogen and oxygen atoms in total. The topological polar surface area (TPSA) is 55.4 Å². The number of hydrogen-bond acceptors (Lipinski definition) is 3. The highest BCUT2D eigenvalue weighted by Gasteiger charge is 2.31. The van der Waals surface area contributed by atoms with Gasteiger partial charge in [-0.05, 0) is 26.7 Å². The van der Waals surface area contributed by atoms with Gasteiger partial charge in [0.15, 0.2) is 0 Å². The minimum absolute atomic E-state index is 0.326. The van der Waals surface area contributed by atoms with Crippen molar-refractivity contribution in [2.45, 2.75) is 52.7 Å². The Morgan fingerprint density at radius 1 is 1.18 bits per heavy atom. The molecule has 0 bridgehead atoms. The van der Waals surface area contributed by atoms with Crippen molar-refractivity contribution in [3.05, 3.63) is 0 Å². The van der Waals surface area contributed by atoms with Crippen molar-refractivity contribution in [2.24, 2.45) is 5.92 Å². The maximum atomic E-state index is 12.1. The molecular formula is C11H19F2NO3. The number of hydrogen-bond donors (Lipinski definition) is 1. The zero-order valence-corrected chi connectivity index (χ0v) is 10.7. The first-order valence-corrected chi connectivity index (χ1v) is 5.36. The third kappa shape index (κ3) is 6.19. The lowest BCUT2D eigenvalue weighted by molar-refractivity contribution is -0.160. The second-order valence-electron chi connectivity index (χ2n) is 5.06. The third-order valence-electron chi connectivity index (χ3n) is 1.82. The number of nitrogens with one attached hydrogen (secondary N) is 1. The summed E-state index contributed by atoms with van der Waals surface area (Å²) in [6, 6.07) is -1.06. The number of halogens is 2. The van der Waals surface area contributed by atoms with Gasteiger partial charge in [-0.2, -0.15) is 8.78 Å². The lowest BCUT2D eigenvalue weighted by Crippen LogP contribution is -2.48. The van der Waals surface area contributed by atoms with Crippen LogP contribution >= 0.6 is 0 Å². The molecule has 100 valence electrons. The molecule has 0 saturated heterocycles. The quantitative estimate of drug-likeness (QED) is 0.774. The van der Waals surface area contributed by atoms with E-state index in [2.05, 4.69) is 0 Å². The van der Waals surface area contributed by atoms with E-state index in [1.165, 1.54) is 0 Å².